The lowest BCUT2D eigenvalue weighted by Crippen LogP contribution is -2.09. The van der Waals surface area contributed by atoms with Crippen LogP contribution in [0.1, 0.15) is 43.6 Å². The Balaban J connectivity index is 1.50. The van der Waals surface area contributed by atoms with Gasteiger partial charge in [0.25, 0.3) is 0 Å². The van der Waals surface area contributed by atoms with Crippen molar-refractivity contribution < 1.29 is 13.9 Å². The molecule has 0 saturated heterocycles. The lowest BCUT2D eigenvalue weighted by molar-refractivity contribution is -0.111. The number of amides is 1. The Morgan fingerprint density at radius 2 is 1.88 bits per heavy atom. The minimum Gasteiger partial charge on any atom is -0.493 e. The molecule has 4 heteroatoms. The van der Waals surface area contributed by atoms with Gasteiger partial charge in [0.1, 0.15) is 17.1 Å². The second kappa shape index (κ2) is 8.54. The summed E-state index contributed by atoms with van der Waals surface area (Å²) in [5.41, 5.74) is 4.78. The van der Waals surface area contributed by atoms with Gasteiger partial charge in [-0.1, -0.05) is 36.4 Å². The van der Waals surface area contributed by atoms with Crippen LogP contribution in [0.5, 0.6) is 5.75 Å². The number of allylic oxidation sites excluding steroid dienone is 1. The van der Waals surface area contributed by atoms with Crippen molar-refractivity contribution in [1.29, 1.82) is 0 Å². The van der Waals surface area contributed by atoms with E-state index >= 15 is 0 Å². The zero-order chi connectivity index (χ0) is 22.1. The smallest absolute Gasteiger partial charge is 0.248 e. The summed E-state index contributed by atoms with van der Waals surface area (Å²) >= 11 is 0. The van der Waals surface area contributed by atoms with Crippen molar-refractivity contribution in [3.8, 4) is 5.75 Å². The summed E-state index contributed by atoms with van der Waals surface area (Å²) in [6.07, 6.45) is 6.04. The van der Waals surface area contributed by atoms with Crippen molar-refractivity contribution in [2.24, 2.45) is 0 Å². The highest BCUT2D eigenvalue weighted by molar-refractivity contribution is 6.09. The Labute approximate surface area is 187 Å². The second-order valence-corrected chi connectivity index (χ2v) is 8.33. The normalized spacial score (nSPS) is 13.9. The quantitative estimate of drug-likeness (QED) is 0.354. The van der Waals surface area contributed by atoms with E-state index in [1.807, 2.05) is 62.4 Å². The Bertz CT molecular complexity index is 1340. The number of nitrogens with one attached hydrogen (secondary N) is 1. The fraction of sp³-hybridized carbons (Fsp3) is 0.250. The zero-order valence-electron chi connectivity index (χ0n) is 18.5. The Hall–Kier alpha value is -3.53. The molecule has 1 aliphatic rings. The number of carbonyl (C=O) groups is 1. The summed E-state index contributed by atoms with van der Waals surface area (Å²) in [6.45, 7) is 4.47. The maximum absolute atomic E-state index is 12.9. The first-order valence-corrected chi connectivity index (χ1v) is 11.3. The number of furan rings is 1. The molecule has 0 saturated carbocycles. The molecule has 1 amide bonds. The minimum absolute atomic E-state index is 0.157. The van der Waals surface area contributed by atoms with Crippen LogP contribution in [-0.4, -0.2) is 12.5 Å². The van der Waals surface area contributed by atoms with Crippen molar-refractivity contribution in [3.05, 3.63) is 77.6 Å². The molecule has 4 aromatic rings. The van der Waals surface area contributed by atoms with Crippen LogP contribution in [0.4, 0.5) is 5.69 Å². The molecule has 32 heavy (non-hydrogen) atoms. The number of hydrogen-bond acceptors (Lipinski definition) is 3. The van der Waals surface area contributed by atoms with Crippen molar-refractivity contribution in [2.75, 3.05) is 11.9 Å². The summed E-state index contributed by atoms with van der Waals surface area (Å²) in [5.74, 6) is 1.69. The van der Waals surface area contributed by atoms with Crippen molar-refractivity contribution in [1.82, 2.24) is 0 Å². The third kappa shape index (κ3) is 3.77. The van der Waals surface area contributed by atoms with Gasteiger partial charge in [0.15, 0.2) is 0 Å². The standard InChI is InChI=1S/C28H27NO3/c1-3-31-26-17-27-23(21-12-6-7-14-25(21)32-27)16-22(26)18(2)15-28(30)29-24-13-8-10-19-9-4-5-11-20(19)24/h4-5,8-11,13,15-17H,3,6-7,12,14H2,1-2H3,(H,29,30)/b18-15+. The Morgan fingerprint density at radius 1 is 1.06 bits per heavy atom. The molecule has 0 spiro atoms. The third-order valence-electron chi connectivity index (χ3n) is 6.18. The lowest BCUT2D eigenvalue weighted by Gasteiger charge is -2.12. The average molecular weight is 426 g/mol. The fourth-order valence-electron chi connectivity index (χ4n) is 4.65. The van der Waals surface area contributed by atoms with Gasteiger partial charge in [0.2, 0.25) is 5.91 Å². The number of anilines is 1. The van der Waals surface area contributed by atoms with Crippen molar-refractivity contribution >= 4 is 38.9 Å². The molecule has 1 heterocycles. The molecule has 0 bridgehead atoms. The molecule has 1 aliphatic carbocycles. The molecule has 3 aromatic carbocycles. The molecule has 5 rings (SSSR count). The molecule has 0 radical (unpaired) electrons. The van der Waals surface area contributed by atoms with Gasteiger partial charge in [-0.15, -0.1) is 0 Å². The minimum atomic E-state index is -0.157. The van der Waals surface area contributed by atoms with E-state index in [1.54, 1.807) is 6.08 Å². The molecule has 0 fully saturated rings. The van der Waals surface area contributed by atoms with Crippen LogP contribution in [0.3, 0.4) is 0 Å². The average Bonchev–Trinajstić information content (AvgIpc) is 3.16. The van der Waals surface area contributed by atoms with Crippen LogP contribution < -0.4 is 10.1 Å². The SMILES string of the molecule is CCOc1cc2oc3c(c2cc1/C(C)=C/C(=O)Nc1cccc2ccccc12)CCCC3. The van der Waals surface area contributed by atoms with Gasteiger partial charge in [-0.2, -0.15) is 0 Å². The first-order chi connectivity index (χ1) is 15.6. The van der Waals surface area contributed by atoms with Gasteiger partial charge in [0.05, 0.1) is 6.61 Å². The van der Waals surface area contributed by atoms with Gasteiger partial charge >= 0.3 is 0 Å². The maximum atomic E-state index is 12.9. The van der Waals surface area contributed by atoms with Gasteiger partial charge < -0.3 is 14.5 Å². The fourth-order valence-corrected chi connectivity index (χ4v) is 4.65. The molecule has 4 nitrogen and oxygen atoms in total. The van der Waals surface area contributed by atoms with Gasteiger partial charge in [-0.25, -0.2) is 0 Å². The number of carbonyl (C=O) groups excluding carboxylic acids is 1. The number of hydrogen-bond donors (Lipinski definition) is 1. The summed E-state index contributed by atoms with van der Waals surface area (Å²) in [6, 6.07) is 18.1. The third-order valence-corrected chi connectivity index (χ3v) is 6.18. The largest absolute Gasteiger partial charge is 0.493 e. The monoisotopic (exact) mass is 425 g/mol. The van der Waals surface area contributed by atoms with Gasteiger partial charge in [-0.05, 0) is 56.2 Å². The van der Waals surface area contributed by atoms with E-state index in [-0.39, 0.29) is 5.91 Å². The van der Waals surface area contributed by atoms with Crippen LogP contribution >= 0.6 is 0 Å². The first kappa shape index (κ1) is 20.4. The predicted octanol–water partition coefficient (Wildman–Crippen LogP) is 6.91. The van der Waals surface area contributed by atoms with E-state index in [1.165, 1.54) is 18.4 Å². The molecule has 0 aliphatic heterocycles. The highest BCUT2D eigenvalue weighted by atomic mass is 16.5. The van der Waals surface area contributed by atoms with Crippen LogP contribution in [-0.2, 0) is 17.6 Å². The van der Waals surface area contributed by atoms with E-state index in [9.17, 15) is 4.79 Å². The van der Waals surface area contributed by atoms with E-state index in [0.29, 0.717) is 6.61 Å². The number of ether oxygens (including phenoxy) is 1. The van der Waals surface area contributed by atoms with E-state index in [4.69, 9.17) is 9.15 Å². The first-order valence-electron chi connectivity index (χ1n) is 11.3. The second-order valence-electron chi connectivity index (χ2n) is 8.33. The van der Waals surface area contributed by atoms with Gasteiger partial charge in [0, 0.05) is 46.1 Å². The summed E-state index contributed by atoms with van der Waals surface area (Å²) in [4.78, 5) is 12.9. The van der Waals surface area contributed by atoms with E-state index in [2.05, 4.69) is 11.4 Å². The summed E-state index contributed by atoms with van der Waals surface area (Å²) < 4.78 is 12.1. The molecule has 0 atom stereocenters. The van der Waals surface area contributed by atoms with Crippen molar-refractivity contribution in [2.45, 2.75) is 39.5 Å². The van der Waals surface area contributed by atoms with Crippen LogP contribution in [0.25, 0.3) is 27.3 Å². The molecular formula is C28H27NO3. The Morgan fingerprint density at radius 3 is 2.75 bits per heavy atom. The van der Waals surface area contributed by atoms with Crippen LogP contribution in [0.15, 0.2) is 65.1 Å². The maximum Gasteiger partial charge on any atom is 0.248 e. The molecular weight excluding hydrogens is 398 g/mol. The molecule has 1 aromatic heterocycles. The molecule has 162 valence electrons. The number of rotatable bonds is 5. The molecule has 0 unspecified atom stereocenters. The lowest BCUT2D eigenvalue weighted by atomic mass is 9.94. The predicted molar refractivity (Wildman–Crippen MR) is 130 cm³/mol. The van der Waals surface area contributed by atoms with Crippen molar-refractivity contribution in [3.63, 3.8) is 0 Å². The topological polar surface area (TPSA) is 51.5 Å². The highest BCUT2D eigenvalue weighted by Gasteiger charge is 2.20. The number of fused-ring (bicyclic) bond motifs is 4. The van der Waals surface area contributed by atoms with Crippen LogP contribution in [0, 0.1) is 0 Å². The van der Waals surface area contributed by atoms with Crippen LogP contribution in [0.2, 0.25) is 0 Å². The number of aryl methyl sites for hydroxylation is 2. The highest BCUT2D eigenvalue weighted by Crippen LogP contribution is 2.38. The summed E-state index contributed by atoms with van der Waals surface area (Å²) in [7, 11) is 0. The molecule has 1 N–H and O–H groups in total. The number of benzene rings is 3. The van der Waals surface area contributed by atoms with E-state index < -0.39 is 0 Å². The summed E-state index contributed by atoms with van der Waals surface area (Å²) in [5, 5.41) is 6.30. The zero-order valence-corrected chi connectivity index (χ0v) is 18.5. The Kier molecular flexibility index (Phi) is 5.44. The van der Waals surface area contributed by atoms with Gasteiger partial charge in [-0.3, -0.25) is 4.79 Å². The van der Waals surface area contributed by atoms with E-state index in [0.717, 1.165) is 62.9 Å².